The third-order valence-electron chi connectivity index (χ3n) is 4.17. The second-order valence-corrected chi connectivity index (χ2v) is 7.89. The SMILES string of the molecule is CC(C)c1ccc(S(=O)(=O)N2CCCC2CCCO)cc1. The Kier molecular flexibility index (Phi) is 5.41. The van der Waals surface area contributed by atoms with Crippen molar-refractivity contribution in [3.8, 4) is 0 Å². The first-order chi connectivity index (χ1) is 9.96. The van der Waals surface area contributed by atoms with E-state index in [0.717, 1.165) is 24.8 Å². The van der Waals surface area contributed by atoms with Crippen molar-refractivity contribution in [3.63, 3.8) is 0 Å². The molecule has 1 atom stereocenters. The Morgan fingerprint density at radius 3 is 2.52 bits per heavy atom. The Balaban J connectivity index is 2.20. The van der Waals surface area contributed by atoms with Gasteiger partial charge in [0.1, 0.15) is 0 Å². The van der Waals surface area contributed by atoms with Crippen LogP contribution in [0.25, 0.3) is 0 Å². The van der Waals surface area contributed by atoms with Crippen molar-refractivity contribution in [3.05, 3.63) is 29.8 Å². The average Bonchev–Trinajstić information content (AvgIpc) is 2.94. The monoisotopic (exact) mass is 311 g/mol. The maximum absolute atomic E-state index is 12.8. The minimum Gasteiger partial charge on any atom is -0.396 e. The van der Waals surface area contributed by atoms with E-state index >= 15 is 0 Å². The van der Waals surface area contributed by atoms with Crippen molar-refractivity contribution >= 4 is 10.0 Å². The molecule has 5 heteroatoms. The summed E-state index contributed by atoms with van der Waals surface area (Å²) in [6, 6.07) is 7.26. The van der Waals surface area contributed by atoms with Crippen molar-refractivity contribution in [2.45, 2.75) is 56.4 Å². The zero-order chi connectivity index (χ0) is 15.5. The molecule has 1 saturated heterocycles. The predicted molar refractivity (Wildman–Crippen MR) is 83.8 cm³/mol. The number of aliphatic hydroxyl groups is 1. The van der Waals surface area contributed by atoms with Crippen LogP contribution in [0.5, 0.6) is 0 Å². The fourth-order valence-electron chi connectivity index (χ4n) is 2.90. The number of benzene rings is 1. The lowest BCUT2D eigenvalue weighted by atomic mass is 10.0. The molecule has 0 bridgehead atoms. The first kappa shape index (κ1) is 16.5. The molecular weight excluding hydrogens is 286 g/mol. The number of hydrogen-bond donors (Lipinski definition) is 1. The van der Waals surface area contributed by atoms with Gasteiger partial charge in [0.2, 0.25) is 10.0 Å². The van der Waals surface area contributed by atoms with Crippen molar-refractivity contribution < 1.29 is 13.5 Å². The molecule has 1 aliphatic rings. The van der Waals surface area contributed by atoms with Crippen molar-refractivity contribution in [2.24, 2.45) is 0 Å². The second-order valence-electron chi connectivity index (χ2n) is 6.00. The molecular formula is C16H25NO3S. The van der Waals surface area contributed by atoms with Gasteiger partial charge in [-0.1, -0.05) is 26.0 Å². The highest BCUT2D eigenvalue weighted by molar-refractivity contribution is 7.89. The highest BCUT2D eigenvalue weighted by Crippen LogP contribution is 2.29. The van der Waals surface area contributed by atoms with Gasteiger partial charge in [-0.05, 0) is 49.3 Å². The summed E-state index contributed by atoms with van der Waals surface area (Å²) in [6.45, 7) is 4.89. The molecule has 1 aromatic rings. The number of hydrogen-bond acceptors (Lipinski definition) is 3. The van der Waals surface area contributed by atoms with E-state index in [1.54, 1.807) is 16.4 Å². The molecule has 1 aliphatic heterocycles. The number of nitrogens with zero attached hydrogens (tertiary/aromatic N) is 1. The molecule has 4 nitrogen and oxygen atoms in total. The molecule has 1 fully saturated rings. The van der Waals surface area contributed by atoms with E-state index < -0.39 is 10.0 Å². The standard InChI is InChI=1S/C16H25NO3S/c1-13(2)14-7-9-16(10-8-14)21(19,20)17-11-3-5-15(17)6-4-12-18/h7-10,13,15,18H,3-6,11-12H2,1-2H3. The molecule has 0 aliphatic carbocycles. The average molecular weight is 311 g/mol. The van der Waals surface area contributed by atoms with Crippen LogP contribution in [0, 0.1) is 0 Å². The van der Waals surface area contributed by atoms with E-state index in [-0.39, 0.29) is 12.6 Å². The molecule has 1 N–H and O–H groups in total. The molecule has 0 spiro atoms. The van der Waals surface area contributed by atoms with E-state index in [4.69, 9.17) is 5.11 Å². The number of aliphatic hydroxyl groups excluding tert-OH is 1. The first-order valence-corrected chi connectivity index (χ1v) is 9.13. The summed E-state index contributed by atoms with van der Waals surface area (Å²) in [6.07, 6.45) is 3.19. The predicted octanol–water partition coefficient (Wildman–Crippen LogP) is 2.74. The highest BCUT2D eigenvalue weighted by atomic mass is 32.2. The van der Waals surface area contributed by atoms with Gasteiger partial charge in [0.05, 0.1) is 4.90 Å². The minimum atomic E-state index is -3.41. The van der Waals surface area contributed by atoms with Crippen LogP contribution in [0.1, 0.15) is 51.0 Å². The third-order valence-corrected chi connectivity index (χ3v) is 6.14. The zero-order valence-corrected chi connectivity index (χ0v) is 13.6. The van der Waals surface area contributed by atoms with Crippen LogP contribution >= 0.6 is 0 Å². The Bertz CT molecular complexity index is 551. The maximum atomic E-state index is 12.8. The third kappa shape index (κ3) is 3.65. The normalized spacial score (nSPS) is 20.3. The van der Waals surface area contributed by atoms with E-state index in [1.165, 1.54) is 0 Å². The van der Waals surface area contributed by atoms with Gasteiger partial charge < -0.3 is 5.11 Å². The highest BCUT2D eigenvalue weighted by Gasteiger charge is 2.34. The molecule has 0 saturated carbocycles. The lowest BCUT2D eigenvalue weighted by Crippen LogP contribution is -2.35. The van der Waals surface area contributed by atoms with E-state index in [9.17, 15) is 8.42 Å². The van der Waals surface area contributed by atoms with E-state index in [0.29, 0.717) is 23.8 Å². The van der Waals surface area contributed by atoms with Crippen molar-refractivity contribution in [1.82, 2.24) is 4.31 Å². The molecule has 2 rings (SSSR count). The molecule has 1 unspecified atom stereocenters. The molecule has 21 heavy (non-hydrogen) atoms. The molecule has 0 radical (unpaired) electrons. The lowest BCUT2D eigenvalue weighted by Gasteiger charge is -2.24. The summed E-state index contributed by atoms with van der Waals surface area (Å²) in [5.41, 5.74) is 1.15. The molecule has 1 heterocycles. The van der Waals surface area contributed by atoms with Crippen LogP contribution in [-0.2, 0) is 10.0 Å². The Morgan fingerprint density at radius 1 is 1.29 bits per heavy atom. The van der Waals surface area contributed by atoms with E-state index in [2.05, 4.69) is 13.8 Å². The number of rotatable bonds is 6. The quantitative estimate of drug-likeness (QED) is 0.879. The summed E-state index contributed by atoms with van der Waals surface area (Å²) < 4.78 is 27.1. The second kappa shape index (κ2) is 6.90. The summed E-state index contributed by atoms with van der Waals surface area (Å²) in [5, 5.41) is 8.95. The van der Waals surface area contributed by atoms with Crippen LogP contribution in [0.4, 0.5) is 0 Å². The van der Waals surface area contributed by atoms with Crippen LogP contribution < -0.4 is 0 Å². The zero-order valence-electron chi connectivity index (χ0n) is 12.8. The molecule has 1 aromatic carbocycles. The maximum Gasteiger partial charge on any atom is 0.243 e. The molecule has 0 aromatic heterocycles. The van der Waals surface area contributed by atoms with Gasteiger partial charge in [-0.3, -0.25) is 0 Å². The Hall–Kier alpha value is -0.910. The van der Waals surface area contributed by atoms with Gasteiger partial charge in [0.15, 0.2) is 0 Å². The van der Waals surface area contributed by atoms with Crippen LogP contribution in [0.2, 0.25) is 0 Å². The van der Waals surface area contributed by atoms with Gasteiger partial charge in [-0.25, -0.2) is 8.42 Å². The molecule has 0 amide bonds. The summed E-state index contributed by atoms with van der Waals surface area (Å²) in [5.74, 6) is 0.394. The summed E-state index contributed by atoms with van der Waals surface area (Å²) in [7, 11) is -3.41. The fraction of sp³-hybridized carbons (Fsp3) is 0.625. The minimum absolute atomic E-state index is 0.0342. The van der Waals surface area contributed by atoms with E-state index in [1.807, 2.05) is 12.1 Å². The van der Waals surface area contributed by atoms with Gasteiger partial charge in [-0.15, -0.1) is 0 Å². The topological polar surface area (TPSA) is 57.6 Å². The summed E-state index contributed by atoms with van der Waals surface area (Å²) >= 11 is 0. The van der Waals surface area contributed by atoms with Crippen molar-refractivity contribution in [2.75, 3.05) is 13.2 Å². The van der Waals surface area contributed by atoms with Crippen LogP contribution in [0.15, 0.2) is 29.2 Å². The van der Waals surface area contributed by atoms with Crippen LogP contribution in [0.3, 0.4) is 0 Å². The van der Waals surface area contributed by atoms with Crippen molar-refractivity contribution in [1.29, 1.82) is 0 Å². The fourth-order valence-corrected chi connectivity index (χ4v) is 4.62. The van der Waals surface area contributed by atoms with Gasteiger partial charge in [-0.2, -0.15) is 4.31 Å². The van der Waals surface area contributed by atoms with Crippen LogP contribution in [-0.4, -0.2) is 37.0 Å². The smallest absolute Gasteiger partial charge is 0.243 e. The Labute approximate surface area is 127 Å². The largest absolute Gasteiger partial charge is 0.396 e. The first-order valence-electron chi connectivity index (χ1n) is 7.69. The van der Waals surface area contributed by atoms with Gasteiger partial charge >= 0.3 is 0 Å². The Morgan fingerprint density at radius 2 is 1.95 bits per heavy atom. The number of sulfonamides is 1. The molecule has 118 valence electrons. The lowest BCUT2D eigenvalue weighted by molar-refractivity contribution is 0.264. The summed E-state index contributed by atoms with van der Waals surface area (Å²) in [4.78, 5) is 0.378. The van der Waals surface area contributed by atoms with Gasteiger partial charge in [0, 0.05) is 19.2 Å². The van der Waals surface area contributed by atoms with Gasteiger partial charge in [0.25, 0.3) is 0 Å².